The molecule has 0 saturated carbocycles. The Kier molecular flexibility index (Phi) is 4.72. The third kappa shape index (κ3) is 3.78. The first kappa shape index (κ1) is 13.5. The topological polar surface area (TPSA) is 54.2 Å². The average molecular weight is 252 g/mol. The molecule has 0 amide bonds. The first-order chi connectivity index (χ1) is 8.65. The summed E-state index contributed by atoms with van der Waals surface area (Å²) in [5.74, 6) is 1.43. The highest BCUT2D eigenvalue weighted by Crippen LogP contribution is 2.12. The van der Waals surface area contributed by atoms with E-state index in [1.54, 1.807) is 0 Å². The number of nitrogens with zero attached hydrogens (tertiary/aromatic N) is 3. The molecule has 18 heavy (non-hydrogen) atoms. The van der Waals surface area contributed by atoms with E-state index in [-0.39, 0.29) is 0 Å². The monoisotopic (exact) mass is 252 g/mol. The van der Waals surface area contributed by atoms with Gasteiger partial charge in [0.1, 0.15) is 0 Å². The van der Waals surface area contributed by atoms with Crippen molar-refractivity contribution in [1.29, 1.82) is 0 Å². The standard InChI is InChI=1S/C13H24N4O/c1-10(2)17(8-12-6-4-5-7-14-12)9-13-15-11(3)16-18-13/h10,12,14H,4-9H2,1-3H3. The van der Waals surface area contributed by atoms with Gasteiger partial charge >= 0.3 is 0 Å². The molecule has 1 aliphatic rings. The molecule has 1 aromatic heterocycles. The van der Waals surface area contributed by atoms with E-state index in [4.69, 9.17) is 4.52 Å². The Hall–Kier alpha value is -0.940. The van der Waals surface area contributed by atoms with Crippen LogP contribution < -0.4 is 5.32 Å². The van der Waals surface area contributed by atoms with Crippen molar-refractivity contribution in [3.05, 3.63) is 11.7 Å². The second-order valence-electron chi connectivity index (χ2n) is 5.41. The fourth-order valence-electron chi connectivity index (χ4n) is 2.40. The molecule has 1 aromatic rings. The number of hydrogen-bond donors (Lipinski definition) is 1. The normalized spacial score (nSPS) is 20.8. The largest absolute Gasteiger partial charge is 0.338 e. The minimum Gasteiger partial charge on any atom is -0.338 e. The van der Waals surface area contributed by atoms with E-state index in [2.05, 4.69) is 34.2 Å². The van der Waals surface area contributed by atoms with Crippen LogP contribution in [0.2, 0.25) is 0 Å². The maximum atomic E-state index is 5.21. The maximum absolute atomic E-state index is 5.21. The molecular formula is C13H24N4O. The fraction of sp³-hybridized carbons (Fsp3) is 0.846. The molecule has 0 bridgehead atoms. The zero-order valence-electron chi connectivity index (χ0n) is 11.6. The molecule has 1 aliphatic heterocycles. The minimum atomic E-state index is 0.487. The van der Waals surface area contributed by atoms with Gasteiger partial charge in [0.2, 0.25) is 5.89 Å². The van der Waals surface area contributed by atoms with Gasteiger partial charge in [-0.15, -0.1) is 0 Å². The SMILES string of the molecule is Cc1noc(CN(CC2CCCCN2)C(C)C)n1. The summed E-state index contributed by atoms with van der Waals surface area (Å²) >= 11 is 0. The number of hydrogen-bond acceptors (Lipinski definition) is 5. The maximum Gasteiger partial charge on any atom is 0.240 e. The quantitative estimate of drug-likeness (QED) is 0.865. The predicted octanol–water partition coefficient (Wildman–Crippen LogP) is 1.73. The van der Waals surface area contributed by atoms with Gasteiger partial charge in [-0.3, -0.25) is 4.90 Å². The molecule has 0 aliphatic carbocycles. The van der Waals surface area contributed by atoms with Gasteiger partial charge in [-0.25, -0.2) is 0 Å². The van der Waals surface area contributed by atoms with E-state index >= 15 is 0 Å². The van der Waals surface area contributed by atoms with Crippen molar-refractivity contribution in [3.8, 4) is 0 Å². The Labute approximate surface area is 109 Å². The van der Waals surface area contributed by atoms with Crippen LogP contribution in [0.5, 0.6) is 0 Å². The number of nitrogens with one attached hydrogen (secondary N) is 1. The summed E-state index contributed by atoms with van der Waals surface area (Å²) in [6, 6.07) is 1.09. The zero-order valence-corrected chi connectivity index (χ0v) is 11.6. The second-order valence-corrected chi connectivity index (χ2v) is 5.41. The van der Waals surface area contributed by atoms with E-state index in [1.807, 2.05) is 6.92 Å². The van der Waals surface area contributed by atoms with Crippen molar-refractivity contribution in [2.75, 3.05) is 13.1 Å². The highest BCUT2D eigenvalue weighted by atomic mass is 16.5. The van der Waals surface area contributed by atoms with Crippen molar-refractivity contribution in [1.82, 2.24) is 20.4 Å². The van der Waals surface area contributed by atoms with Crippen molar-refractivity contribution < 1.29 is 4.52 Å². The third-order valence-electron chi connectivity index (χ3n) is 3.51. The van der Waals surface area contributed by atoms with Crippen LogP contribution in [0.15, 0.2) is 4.52 Å². The molecule has 1 N–H and O–H groups in total. The Morgan fingerprint density at radius 3 is 2.83 bits per heavy atom. The van der Waals surface area contributed by atoms with Gasteiger partial charge < -0.3 is 9.84 Å². The molecule has 2 rings (SSSR count). The van der Waals surface area contributed by atoms with Crippen LogP contribution in [0.25, 0.3) is 0 Å². The van der Waals surface area contributed by atoms with Crippen LogP contribution in [0.1, 0.15) is 44.8 Å². The van der Waals surface area contributed by atoms with E-state index in [1.165, 1.54) is 19.3 Å². The Morgan fingerprint density at radius 2 is 2.28 bits per heavy atom. The van der Waals surface area contributed by atoms with E-state index in [9.17, 15) is 0 Å². The molecule has 0 spiro atoms. The van der Waals surface area contributed by atoms with Crippen molar-refractivity contribution in [2.45, 2.75) is 58.7 Å². The van der Waals surface area contributed by atoms with Crippen LogP contribution in [-0.4, -0.2) is 40.2 Å². The Balaban J connectivity index is 1.90. The van der Waals surface area contributed by atoms with Crippen LogP contribution >= 0.6 is 0 Å². The van der Waals surface area contributed by atoms with Gasteiger partial charge in [-0.1, -0.05) is 11.6 Å². The molecule has 1 atom stereocenters. The van der Waals surface area contributed by atoms with E-state index < -0.39 is 0 Å². The summed E-state index contributed by atoms with van der Waals surface area (Å²) < 4.78 is 5.21. The molecule has 2 heterocycles. The van der Waals surface area contributed by atoms with Gasteiger partial charge in [0.05, 0.1) is 6.54 Å². The Bertz CT molecular complexity index is 358. The molecule has 5 nitrogen and oxygen atoms in total. The molecule has 0 radical (unpaired) electrons. The average Bonchev–Trinajstić information content (AvgIpc) is 2.75. The molecular weight excluding hydrogens is 228 g/mol. The van der Waals surface area contributed by atoms with E-state index in [0.29, 0.717) is 17.9 Å². The van der Waals surface area contributed by atoms with Crippen LogP contribution in [-0.2, 0) is 6.54 Å². The van der Waals surface area contributed by atoms with E-state index in [0.717, 1.165) is 25.5 Å². The van der Waals surface area contributed by atoms with Crippen LogP contribution in [0, 0.1) is 6.92 Å². The Morgan fingerprint density at radius 1 is 1.44 bits per heavy atom. The predicted molar refractivity (Wildman–Crippen MR) is 70.2 cm³/mol. The van der Waals surface area contributed by atoms with Gasteiger partial charge in [-0.2, -0.15) is 4.98 Å². The van der Waals surface area contributed by atoms with Crippen molar-refractivity contribution in [3.63, 3.8) is 0 Å². The lowest BCUT2D eigenvalue weighted by atomic mass is 10.0. The number of aromatic nitrogens is 2. The molecule has 5 heteroatoms. The van der Waals surface area contributed by atoms with Gasteiger partial charge in [0, 0.05) is 18.6 Å². The van der Waals surface area contributed by atoms with Crippen LogP contribution in [0.4, 0.5) is 0 Å². The van der Waals surface area contributed by atoms with Crippen LogP contribution in [0.3, 0.4) is 0 Å². The third-order valence-corrected chi connectivity index (χ3v) is 3.51. The molecule has 1 unspecified atom stereocenters. The molecule has 1 saturated heterocycles. The van der Waals surface area contributed by atoms with Gasteiger partial charge in [0.25, 0.3) is 0 Å². The lowest BCUT2D eigenvalue weighted by Crippen LogP contribution is -2.45. The smallest absolute Gasteiger partial charge is 0.240 e. The summed E-state index contributed by atoms with van der Waals surface area (Å²) in [6.45, 7) is 9.24. The first-order valence-corrected chi connectivity index (χ1v) is 6.92. The summed E-state index contributed by atoms with van der Waals surface area (Å²) in [6.07, 6.45) is 3.91. The highest BCUT2D eigenvalue weighted by Gasteiger charge is 2.20. The number of rotatable bonds is 5. The van der Waals surface area contributed by atoms with Crippen molar-refractivity contribution in [2.24, 2.45) is 0 Å². The fourth-order valence-corrected chi connectivity index (χ4v) is 2.40. The second kappa shape index (κ2) is 6.29. The number of aryl methyl sites for hydroxylation is 1. The zero-order chi connectivity index (χ0) is 13.0. The minimum absolute atomic E-state index is 0.487. The van der Waals surface area contributed by atoms with Gasteiger partial charge in [0.15, 0.2) is 5.82 Å². The highest BCUT2D eigenvalue weighted by molar-refractivity contribution is 4.85. The van der Waals surface area contributed by atoms with Crippen molar-refractivity contribution >= 4 is 0 Å². The summed E-state index contributed by atoms with van der Waals surface area (Å²) in [5.41, 5.74) is 0. The lowest BCUT2D eigenvalue weighted by molar-refractivity contribution is 0.157. The summed E-state index contributed by atoms with van der Waals surface area (Å²) in [7, 11) is 0. The lowest BCUT2D eigenvalue weighted by Gasteiger charge is -2.32. The molecule has 1 fully saturated rings. The summed E-state index contributed by atoms with van der Waals surface area (Å²) in [5, 5.41) is 7.43. The van der Waals surface area contributed by atoms with Gasteiger partial charge in [-0.05, 0) is 40.2 Å². The molecule has 102 valence electrons. The summed E-state index contributed by atoms with van der Waals surface area (Å²) in [4.78, 5) is 6.68. The number of piperidine rings is 1. The first-order valence-electron chi connectivity index (χ1n) is 6.92. The molecule has 0 aromatic carbocycles.